The summed E-state index contributed by atoms with van der Waals surface area (Å²) in [5.74, 6) is 0. The number of non-ortho nitro benzene ring substituents is 1. The van der Waals surface area contributed by atoms with Crippen molar-refractivity contribution in [2.75, 3.05) is 0 Å². The van der Waals surface area contributed by atoms with Crippen LogP contribution in [0.1, 0.15) is 0 Å². The zero-order chi connectivity index (χ0) is 12.7. The van der Waals surface area contributed by atoms with E-state index in [0.29, 0.717) is 5.39 Å². The molecule has 3 aromatic carbocycles. The van der Waals surface area contributed by atoms with Gasteiger partial charge in [0.2, 0.25) is 0 Å². The van der Waals surface area contributed by atoms with Crippen molar-refractivity contribution in [1.29, 1.82) is 0 Å². The largest absolute Gasteiger partial charge is 0.277 e. The van der Waals surface area contributed by atoms with Gasteiger partial charge in [0.05, 0.1) is 10.3 Å². The molecule has 0 aromatic heterocycles. The summed E-state index contributed by atoms with van der Waals surface area (Å²) in [5.41, 5.74) is 0.144. The van der Waals surface area contributed by atoms with Crippen LogP contribution in [0.3, 0.4) is 0 Å². The molecule has 4 heteroatoms. The number of hydrogen-bond donors (Lipinski definition) is 0. The van der Waals surface area contributed by atoms with Gasteiger partial charge in [-0.25, -0.2) is 0 Å². The summed E-state index contributed by atoms with van der Waals surface area (Å²) in [6, 6.07) is 14.9. The first kappa shape index (κ1) is 11.2. The Bertz CT molecular complexity index is 783. The molecule has 0 saturated carbocycles. The Labute approximate surface area is 111 Å². The molecule has 0 unspecified atom stereocenters. The highest BCUT2D eigenvalue weighted by Crippen LogP contribution is 2.34. The van der Waals surface area contributed by atoms with Gasteiger partial charge in [-0.3, -0.25) is 10.1 Å². The van der Waals surface area contributed by atoms with Gasteiger partial charge in [0.1, 0.15) is 0 Å². The van der Waals surface area contributed by atoms with Gasteiger partial charge in [0.25, 0.3) is 5.69 Å². The van der Waals surface area contributed by atoms with Crippen LogP contribution in [0, 0.1) is 10.1 Å². The minimum atomic E-state index is -0.332. The fourth-order valence-electron chi connectivity index (χ4n) is 2.21. The third kappa shape index (κ3) is 1.66. The van der Waals surface area contributed by atoms with Crippen molar-refractivity contribution >= 4 is 43.2 Å². The summed E-state index contributed by atoms with van der Waals surface area (Å²) in [7, 11) is 0. The van der Waals surface area contributed by atoms with Gasteiger partial charge in [-0.2, -0.15) is 0 Å². The fourth-order valence-corrected chi connectivity index (χ4v) is 2.57. The van der Waals surface area contributed by atoms with E-state index >= 15 is 0 Å². The zero-order valence-electron chi connectivity index (χ0n) is 9.26. The lowest BCUT2D eigenvalue weighted by molar-refractivity contribution is -0.382. The van der Waals surface area contributed by atoms with Crippen LogP contribution in [0.25, 0.3) is 21.5 Å². The molecule has 0 spiro atoms. The van der Waals surface area contributed by atoms with Gasteiger partial charge in [-0.1, -0.05) is 46.3 Å². The number of fused-ring (bicyclic) bond motifs is 3. The second kappa shape index (κ2) is 4.07. The molecule has 88 valence electrons. The maximum Gasteiger partial charge on any atom is 0.277 e. The highest BCUT2D eigenvalue weighted by molar-refractivity contribution is 9.10. The van der Waals surface area contributed by atoms with E-state index in [1.165, 1.54) is 0 Å². The van der Waals surface area contributed by atoms with Crippen molar-refractivity contribution in [2.24, 2.45) is 0 Å². The molecule has 0 aliphatic heterocycles. The molecule has 3 rings (SSSR count). The molecule has 0 atom stereocenters. The lowest BCUT2D eigenvalue weighted by Gasteiger charge is -2.05. The van der Waals surface area contributed by atoms with Crippen LogP contribution in [-0.4, -0.2) is 4.92 Å². The second-order valence-electron chi connectivity index (χ2n) is 4.06. The van der Waals surface area contributed by atoms with E-state index in [4.69, 9.17) is 0 Å². The molecule has 0 amide bonds. The van der Waals surface area contributed by atoms with Crippen LogP contribution in [0.4, 0.5) is 5.69 Å². The Morgan fingerprint density at radius 1 is 0.944 bits per heavy atom. The van der Waals surface area contributed by atoms with Crippen molar-refractivity contribution < 1.29 is 4.92 Å². The van der Waals surface area contributed by atoms with E-state index < -0.39 is 0 Å². The Morgan fingerprint density at radius 2 is 1.72 bits per heavy atom. The number of halogens is 1. The highest BCUT2D eigenvalue weighted by Gasteiger charge is 2.14. The molecule has 0 radical (unpaired) electrons. The molecule has 0 saturated heterocycles. The van der Waals surface area contributed by atoms with Gasteiger partial charge in [0, 0.05) is 10.5 Å². The molecule has 0 fully saturated rings. The quantitative estimate of drug-likeness (QED) is 0.372. The predicted octanol–water partition coefficient (Wildman–Crippen LogP) is 4.66. The molecular formula is C14H8BrNO2. The van der Waals surface area contributed by atoms with Gasteiger partial charge < -0.3 is 0 Å². The van der Waals surface area contributed by atoms with Gasteiger partial charge >= 0.3 is 0 Å². The van der Waals surface area contributed by atoms with Gasteiger partial charge in [-0.15, -0.1) is 0 Å². The summed E-state index contributed by atoms with van der Waals surface area (Å²) in [6.45, 7) is 0. The lowest BCUT2D eigenvalue weighted by Crippen LogP contribution is -1.90. The minimum absolute atomic E-state index is 0.144. The molecule has 0 aliphatic rings. The third-order valence-corrected chi connectivity index (χ3v) is 3.49. The monoisotopic (exact) mass is 301 g/mol. The molecule has 18 heavy (non-hydrogen) atoms. The minimum Gasteiger partial charge on any atom is -0.258 e. The maximum atomic E-state index is 11.2. The average molecular weight is 302 g/mol. The molecule has 0 aliphatic carbocycles. The van der Waals surface area contributed by atoms with Crippen molar-refractivity contribution in [3.05, 3.63) is 63.1 Å². The van der Waals surface area contributed by atoms with Gasteiger partial charge in [0.15, 0.2) is 0 Å². The van der Waals surface area contributed by atoms with Crippen molar-refractivity contribution in [2.45, 2.75) is 0 Å². The molecule has 0 bridgehead atoms. The Kier molecular flexibility index (Phi) is 2.52. The summed E-state index contributed by atoms with van der Waals surface area (Å²) < 4.78 is 0.841. The molecular weight excluding hydrogens is 294 g/mol. The Morgan fingerprint density at radius 3 is 2.50 bits per heavy atom. The van der Waals surface area contributed by atoms with Crippen molar-refractivity contribution in [3.8, 4) is 0 Å². The van der Waals surface area contributed by atoms with Crippen molar-refractivity contribution in [1.82, 2.24) is 0 Å². The first-order valence-corrected chi connectivity index (χ1v) is 6.21. The van der Waals surface area contributed by atoms with Crippen LogP contribution >= 0.6 is 15.9 Å². The number of nitro groups is 1. The van der Waals surface area contributed by atoms with Crippen LogP contribution in [0.2, 0.25) is 0 Å². The van der Waals surface area contributed by atoms with E-state index in [9.17, 15) is 10.1 Å². The van der Waals surface area contributed by atoms with E-state index in [1.54, 1.807) is 12.1 Å². The van der Waals surface area contributed by atoms with Crippen LogP contribution < -0.4 is 0 Å². The number of nitrogens with zero attached hydrogens (tertiary/aromatic N) is 1. The van der Waals surface area contributed by atoms with Crippen LogP contribution in [0.5, 0.6) is 0 Å². The van der Waals surface area contributed by atoms with Crippen LogP contribution in [-0.2, 0) is 0 Å². The number of nitro benzene ring substituents is 1. The normalized spacial score (nSPS) is 10.9. The number of hydrogen-bond acceptors (Lipinski definition) is 2. The Balaban J connectivity index is 2.58. The summed E-state index contributed by atoms with van der Waals surface area (Å²) in [5, 5.41) is 14.6. The van der Waals surface area contributed by atoms with Gasteiger partial charge in [-0.05, 0) is 28.3 Å². The fraction of sp³-hybridized carbons (Fsp3) is 0. The lowest BCUT2D eigenvalue weighted by atomic mass is 10.0. The first-order chi connectivity index (χ1) is 8.66. The maximum absolute atomic E-state index is 11.2. The third-order valence-electron chi connectivity index (χ3n) is 3.00. The standard InChI is InChI=1S/C14H8BrNO2/c15-10-5-6-12-11-4-2-1-3-9(11)7-14(16(17)18)13(12)8-10/h1-8H. The Hall–Kier alpha value is -1.94. The van der Waals surface area contributed by atoms with Crippen molar-refractivity contribution in [3.63, 3.8) is 0 Å². The predicted molar refractivity (Wildman–Crippen MR) is 75.8 cm³/mol. The topological polar surface area (TPSA) is 43.1 Å². The highest BCUT2D eigenvalue weighted by atomic mass is 79.9. The van der Waals surface area contributed by atoms with E-state index in [1.807, 2.05) is 36.4 Å². The number of rotatable bonds is 1. The summed E-state index contributed by atoms with van der Waals surface area (Å²) in [6.07, 6.45) is 0. The smallest absolute Gasteiger partial charge is 0.258 e. The van der Waals surface area contributed by atoms with E-state index in [2.05, 4.69) is 15.9 Å². The summed E-state index contributed by atoms with van der Waals surface area (Å²) in [4.78, 5) is 10.8. The zero-order valence-corrected chi connectivity index (χ0v) is 10.8. The molecule has 0 heterocycles. The molecule has 3 nitrogen and oxygen atoms in total. The molecule has 3 aromatic rings. The molecule has 0 N–H and O–H groups in total. The van der Waals surface area contributed by atoms with E-state index in [0.717, 1.165) is 20.6 Å². The van der Waals surface area contributed by atoms with E-state index in [-0.39, 0.29) is 10.6 Å². The average Bonchev–Trinajstić information content (AvgIpc) is 2.37. The SMILES string of the molecule is O=[N+]([O-])c1cc2ccccc2c2ccc(Br)cc12. The summed E-state index contributed by atoms with van der Waals surface area (Å²) >= 11 is 3.36. The second-order valence-corrected chi connectivity index (χ2v) is 4.98. The first-order valence-electron chi connectivity index (χ1n) is 5.42. The van der Waals surface area contributed by atoms with Crippen LogP contribution in [0.15, 0.2) is 53.0 Å². The number of benzene rings is 3.